The maximum absolute atomic E-state index is 5.41. The van der Waals surface area contributed by atoms with Gasteiger partial charge in [0.15, 0.2) is 5.96 Å². The van der Waals surface area contributed by atoms with Gasteiger partial charge >= 0.3 is 0 Å². The largest absolute Gasteiger partial charge is 0.497 e. The Bertz CT molecular complexity index is 923. The van der Waals surface area contributed by atoms with Crippen molar-refractivity contribution in [3.63, 3.8) is 0 Å². The Kier molecular flexibility index (Phi) is 8.94. The van der Waals surface area contributed by atoms with Crippen molar-refractivity contribution in [2.75, 3.05) is 26.9 Å². The predicted molar refractivity (Wildman–Crippen MR) is 124 cm³/mol. The van der Waals surface area contributed by atoms with E-state index in [0.29, 0.717) is 13.1 Å². The van der Waals surface area contributed by atoms with E-state index in [2.05, 4.69) is 32.7 Å². The van der Waals surface area contributed by atoms with Crippen molar-refractivity contribution >= 4 is 5.96 Å². The molecule has 3 aromatic rings. The number of rotatable bonds is 11. The van der Waals surface area contributed by atoms with Gasteiger partial charge in [0.1, 0.15) is 11.6 Å². The van der Waals surface area contributed by atoms with E-state index < -0.39 is 0 Å². The zero-order chi connectivity index (χ0) is 21.7. The number of nitrogens with zero attached hydrogens (tertiary/aromatic N) is 2. The second-order valence-electron chi connectivity index (χ2n) is 6.95. The molecule has 0 atom stereocenters. The molecule has 1 aromatic heterocycles. The second kappa shape index (κ2) is 12.4. The Morgan fingerprint density at radius 2 is 1.87 bits per heavy atom. The van der Waals surface area contributed by atoms with Crippen molar-refractivity contribution in [2.45, 2.75) is 26.4 Å². The van der Waals surface area contributed by atoms with E-state index in [-0.39, 0.29) is 0 Å². The van der Waals surface area contributed by atoms with E-state index in [0.717, 1.165) is 60.5 Å². The van der Waals surface area contributed by atoms with Gasteiger partial charge in [-0.15, -0.1) is 0 Å². The maximum atomic E-state index is 5.41. The van der Waals surface area contributed by atoms with E-state index in [1.807, 2.05) is 55.6 Å². The monoisotopic (exact) mass is 421 g/mol. The molecular formula is C24H31N5O2. The van der Waals surface area contributed by atoms with Crippen LogP contribution in [-0.2, 0) is 17.8 Å². The fraction of sp³-hybridized carbons (Fsp3) is 0.333. The molecule has 2 aromatic carbocycles. The van der Waals surface area contributed by atoms with Crippen molar-refractivity contribution in [3.05, 3.63) is 72.2 Å². The zero-order valence-corrected chi connectivity index (χ0v) is 18.2. The molecule has 3 N–H and O–H groups in total. The summed E-state index contributed by atoms with van der Waals surface area (Å²) in [6.07, 6.45) is 2.77. The van der Waals surface area contributed by atoms with Gasteiger partial charge in [0.2, 0.25) is 0 Å². The summed E-state index contributed by atoms with van der Waals surface area (Å²) < 4.78 is 10.6. The van der Waals surface area contributed by atoms with Crippen molar-refractivity contribution in [2.24, 2.45) is 4.99 Å². The molecule has 3 rings (SSSR count). The summed E-state index contributed by atoms with van der Waals surface area (Å²) in [5.41, 5.74) is 3.23. The van der Waals surface area contributed by atoms with Crippen LogP contribution in [0, 0.1) is 0 Å². The van der Waals surface area contributed by atoms with E-state index in [4.69, 9.17) is 14.5 Å². The lowest BCUT2D eigenvalue weighted by molar-refractivity contribution is 0.145. The van der Waals surface area contributed by atoms with E-state index in [1.54, 1.807) is 7.11 Å². The Balaban J connectivity index is 1.59. The number of methoxy groups -OCH3 is 1. The van der Waals surface area contributed by atoms with Gasteiger partial charge in [-0.2, -0.15) is 0 Å². The Morgan fingerprint density at radius 1 is 1.06 bits per heavy atom. The van der Waals surface area contributed by atoms with Crippen LogP contribution in [0.25, 0.3) is 11.3 Å². The molecule has 0 aliphatic heterocycles. The molecule has 0 spiro atoms. The summed E-state index contributed by atoms with van der Waals surface area (Å²) in [6.45, 7) is 5.36. The topological polar surface area (TPSA) is 83.6 Å². The summed E-state index contributed by atoms with van der Waals surface area (Å²) in [6, 6.07) is 18.1. The van der Waals surface area contributed by atoms with Crippen molar-refractivity contribution in [3.8, 4) is 17.0 Å². The summed E-state index contributed by atoms with van der Waals surface area (Å²) >= 11 is 0. The molecular weight excluding hydrogens is 390 g/mol. The highest BCUT2D eigenvalue weighted by molar-refractivity contribution is 5.79. The molecule has 0 aliphatic rings. The van der Waals surface area contributed by atoms with Gasteiger partial charge < -0.3 is 25.1 Å². The number of aromatic amines is 1. The fourth-order valence-corrected chi connectivity index (χ4v) is 2.99. The predicted octanol–water partition coefficient (Wildman–Crippen LogP) is 3.75. The van der Waals surface area contributed by atoms with Crippen molar-refractivity contribution in [1.29, 1.82) is 0 Å². The van der Waals surface area contributed by atoms with Gasteiger partial charge in [-0.3, -0.25) is 0 Å². The van der Waals surface area contributed by atoms with Gasteiger partial charge in [-0.1, -0.05) is 42.5 Å². The quantitative estimate of drug-likeness (QED) is 0.250. The summed E-state index contributed by atoms with van der Waals surface area (Å²) in [4.78, 5) is 12.6. The Labute approximate surface area is 183 Å². The summed E-state index contributed by atoms with van der Waals surface area (Å²) in [7, 11) is 1.67. The highest BCUT2D eigenvalue weighted by atomic mass is 16.5. The first-order chi connectivity index (χ1) is 15.3. The van der Waals surface area contributed by atoms with Gasteiger partial charge in [0.25, 0.3) is 0 Å². The van der Waals surface area contributed by atoms with Crippen LogP contribution in [-0.4, -0.2) is 42.8 Å². The minimum atomic E-state index is 0.548. The Morgan fingerprint density at radius 3 is 2.61 bits per heavy atom. The number of aliphatic imine (C=N–C) groups is 1. The van der Waals surface area contributed by atoms with Crippen LogP contribution in [0.15, 0.2) is 65.8 Å². The van der Waals surface area contributed by atoms with Gasteiger partial charge in [-0.25, -0.2) is 9.98 Å². The number of nitrogens with one attached hydrogen (secondary N) is 3. The van der Waals surface area contributed by atoms with Crippen LogP contribution >= 0.6 is 0 Å². The molecule has 0 unspecified atom stereocenters. The smallest absolute Gasteiger partial charge is 0.191 e. The van der Waals surface area contributed by atoms with E-state index >= 15 is 0 Å². The molecule has 1 heterocycles. The number of hydrogen-bond acceptors (Lipinski definition) is 4. The highest BCUT2D eigenvalue weighted by Crippen LogP contribution is 2.16. The molecule has 0 amide bonds. The standard InChI is InChI=1S/C24H31N5O2/c1-3-31-15-7-14-25-24(27-16-19-10-12-21(30-2)13-11-19)28-18-23-26-17-22(29-23)20-8-5-4-6-9-20/h4-6,8-13,17H,3,7,14-16,18H2,1-2H3,(H,26,29)(H2,25,27,28). The number of ether oxygens (including phenoxy) is 2. The molecule has 0 radical (unpaired) electrons. The molecule has 0 saturated carbocycles. The molecule has 0 saturated heterocycles. The first kappa shape index (κ1) is 22.4. The number of benzene rings is 2. The minimum Gasteiger partial charge on any atom is -0.497 e. The molecule has 31 heavy (non-hydrogen) atoms. The van der Waals surface area contributed by atoms with Gasteiger partial charge in [-0.05, 0) is 36.6 Å². The molecule has 164 valence electrons. The lowest BCUT2D eigenvalue weighted by Gasteiger charge is -2.12. The first-order valence-corrected chi connectivity index (χ1v) is 10.6. The molecule has 0 bridgehead atoms. The van der Waals surface area contributed by atoms with Crippen molar-refractivity contribution < 1.29 is 9.47 Å². The molecule has 0 aliphatic carbocycles. The number of aromatic nitrogens is 2. The number of imidazole rings is 1. The summed E-state index contributed by atoms with van der Waals surface area (Å²) in [5, 5.41) is 6.74. The lowest BCUT2D eigenvalue weighted by atomic mass is 10.2. The van der Waals surface area contributed by atoms with Crippen LogP contribution < -0.4 is 15.4 Å². The summed E-state index contributed by atoms with van der Waals surface area (Å²) in [5.74, 6) is 2.43. The van der Waals surface area contributed by atoms with Crippen LogP contribution in [0.4, 0.5) is 0 Å². The minimum absolute atomic E-state index is 0.548. The number of hydrogen-bond donors (Lipinski definition) is 3. The number of H-pyrrole nitrogens is 1. The maximum Gasteiger partial charge on any atom is 0.191 e. The van der Waals surface area contributed by atoms with E-state index in [1.165, 1.54) is 0 Å². The Hall–Kier alpha value is -3.32. The number of guanidine groups is 1. The van der Waals surface area contributed by atoms with Crippen LogP contribution in [0.1, 0.15) is 24.7 Å². The fourth-order valence-electron chi connectivity index (χ4n) is 2.99. The third kappa shape index (κ3) is 7.46. The zero-order valence-electron chi connectivity index (χ0n) is 18.2. The van der Waals surface area contributed by atoms with Gasteiger partial charge in [0, 0.05) is 19.8 Å². The van der Waals surface area contributed by atoms with Crippen molar-refractivity contribution in [1.82, 2.24) is 20.6 Å². The average Bonchev–Trinajstić information content (AvgIpc) is 3.30. The second-order valence-corrected chi connectivity index (χ2v) is 6.95. The molecule has 0 fully saturated rings. The van der Waals surface area contributed by atoms with E-state index in [9.17, 15) is 0 Å². The van der Waals surface area contributed by atoms with Crippen LogP contribution in [0.2, 0.25) is 0 Å². The van der Waals surface area contributed by atoms with Gasteiger partial charge in [0.05, 0.1) is 32.1 Å². The van der Waals surface area contributed by atoms with Crippen LogP contribution in [0.5, 0.6) is 5.75 Å². The first-order valence-electron chi connectivity index (χ1n) is 10.6. The normalized spacial score (nSPS) is 11.4. The third-order valence-corrected chi connectivity index (χ3v) is 4.68. The SMILES string of the molecule is CCOCCCNC(=NCc1ccc(OC)cc1)NCc1ncc(-c2ccccc2)[nH]1. The third-order valence-electron chi connectivity index (χ3n) is 4.68. The highest BCUT2D eigenvalue weighted by Gasteiger charge is 2.05. The average molecular weight is 422 g/mol. The lowest BCUT2D eigenvalue weighted by Crippen LogP contribution is -2.38. The van der Waals surface area contributed by atoms with Crippen LogP contribution in [0.3, 0.4) is 0 Å². The molecule has 7 nitrogen and oxygen atoms in total. The molecule has 7 heteroatoms.